The first-order valence-electron chi connectivity index (χ1n) is 7.98. The Bertz CT molecular complexity index is 667. The van der Waals surface area contributed by atoms with E-state index in [2.05, 4.69) is 29.4 Å². The third-order valence-electron chi connectivity index (χ3n) is 4.21. The number of aromatic nitrogens is 1. The van der Waals surface area contributed by atoms with Gasteiger partial charge in [0.05, 0.1) is 0 Å². The number of para-hydroxylation sites is 1. The number of H-pyrrole nitrogens is 1. The van der Waals surface area contributed by atoms with E-state index in [-0.39, 0.29) is 18.5 Å². The van der Waals surface area contributed by atoms with E-state index in [0.717, 1.165) is 25.9 Å². The Morgan fingerprint density at radius 3 is 2.52 bits per heavy atom. The number of halogens is 1. The zero-order valence-corrected chi connectivity index (χ0v) is 14.8. The molecular weight excluding hydrogens is 312 g/mol. The lowest BCUT2D eigenvalue weighted by molar-refractivity contribution is 0.0205. The van der Waals surface area contributed by atoms with Gasteiger partial charge < -0.3 is 14.6 Å². The second-order valence-electron chi connectivity index (χ2n) is 7.03. The van der Waals surface area contributed by atoms with Gasteiger partial charge in [0.2, 0.25) is 0 Å². The fourth-order valence-electron chi connectivity index (χ4n) is 3.13. The van der Waals surface area contributed by atoms with Gasteiger partial charge in [0.25, 0.3) is 0 Å². The van der Waals surface area contributed by atoms with Gasteiger partial charge in [-0.3, -0.25) is 0 Å². The number of amides is 1. The first-order valence-corrected chi connectivity index (χ1v) is 7.98. The van der Waals surface area contributed by atoms with Crippen LogP contribution in [-0.2, 0) is 4.74 Å². The molecule has 1 fully saturated rings. The minimum Gasteiger partial charge on any atom is -0.444 e. The van der Waals surface area contributed by atoms with Gasteiger partial charge in [-0.25, -0.2) is 4.79 Å². The van der Waals surface area contributed by atoms with Crippen LogP contribution >= 0.6 is 12.4 Å². The maximum atomic E-state index is 12.1. The number of likely N-dealkylation sites (tertiary alicyclic amines) is 1. The normalized spacial score (nSPS) is 16.2. The molecule has 1 aromatic heterocycles. The van der Waals surface area contributed by atoms with Crippen LogP contribution in [0.25, 0.3) is 10.9 Å². The topological polar surface area (TPSA) is 45.3 Å². The average Bonchev–Trinajstić information content (AvgIpc) is 2.89. The number of ether oxygens (including phenoxy) is 1. The van der Waals surface area contributed by atoms with Crippen LogP contribution in [0, 0.1) is 0 Å². The largest absolute Gasteiger partial charge is 0.444 e. The molecule has 1 aliphatic rings. The second-order valence-corrected chi connectivity index (χ2v) is 7.03. The first-order chi connectivity index (χ1) is 10.4. The lowest BCUT2D eigenvalue weighted by Crippen LogP contribution is -2.41. The van der Waals surface area contributed by atoms with E-state index in [1.807, 2.05) is 31.7 Å². The van der Waals surface area contributed by atoms with Crippen molar-refractivity contribution in [2.24, 2.45) is 0 Å². The van der Waals surface area contributed by atoms with Gasteiger partial charge in [0, 0.05) is 30.2 Å². The van der Waals surface area contributed by atoms with E-state index in [1.165, 1.54) is 16.5 Å². The van der Waals surface area contributed by atoms with Crippen LogP contribution < -0.4 is 0 Å². The minimum absolute atomic E-state index is 0. The molecule has 0 radical (unpaired) electrons. The molecule has 4 nitrogen and oxygen atoms in total. The zero-order chi connectivity index (χ0) is 15.7. The number of fused-ring (bicyclic) bond motifs is 1. The molecule has 5 heteroatoms. The molecule has 0 saturated carbocycles. The number of rotatable bonds is 1. The highest BCUT2D eigenvalue weighted by atomic mass is 35.5. The lowest BCUT2D eigenvalue weighted by atomic mass is 9.89. The van der Waals surface area contributed by atoms with E-state index in [4.69, 9.17) is 4.74 Å². The summed E-state index contributed by atoms with van der Waals surface area (Å²) in [4.78, 5) is 17.3. The van der Waals surface area contributed by atoms with Crippen LogP contribution in [-0.4, -0.2) is 34.7 Å². The molecule has 0 atom stereocenters. The highest BCUT2D eigenvalue weighted by Gasteiger charge is 2.28. The van der Waals surface area contributed by atoms with Crippen LogP contribution in [0.2, 0.25) is 0 Å². The molecule has 1 aliphatic heterocycles. The quantitative estimate of drug-likeness (QED) is 0.820. The third-order valence-corrected chi connectivity index (χ3v) is 4.21. The standard InChI is InChI=1S/C18H24N2O2.ClH/c1-18(2,3)22-17(21)20-10-8-13(9-11-20)15-12-19-16-7-5-4-6-14(15)16;/h4-7,12-13,19H,8-11H2,1-3H3;1H. The average molecular weight is 337 g/mol. The van der Waals surface area contributed by atoms with Gasteiger partial charge in [-0.15, -0.1) is 12.4 Å². The molecule has 23 heavy (non-hydrogen) atoms. The monoisotopic (exact) mass is 336 g/mol. The van der Waals surface area contributed by atoms with Crippen LogP contribution in [0.5, 0.6) is 0 Å². The summed E-state index contributed by atoms with van der Waals surface area (Å²) in [5, 5.41) is 1.30. The van der Waals surface area contributed by atoms with E-state index in [1.54, 1.807) is 0 Å². The number of nitrogens with zero attached hydrogens (tertiary/aromatic N) is 1. The minimum atomic E-state index is -0.426. The van der Waals surface area contributed by atoms with Crippen molar-refractivity contribution >= 4 is 29.4 Å². The van der Waals surface area contributed by atoms with Crippen molar-refractivity contribution < 1.29 is 9.53 Å². The molecule has 1 N–H and O–H groups in total. The van der Waals surface area contributed by atoms with Crippen molar-refractivity contribution in [1.29, 1.82) is 0 Å². The Morgan fingerprint density at radius 1 is 1.22 bits per heavy atom. The highest BCUT2D eigenvalue weighted by Crippen LogP contribution is 2.33. The van der Waals surface area contributed by atoms with Gasteiger partial charge in [-0.2, -0.15) is 0 Å². The van der Waals surface area contributed by atoms with Crippen molar-refractivity contribution in [3.63, 3.8) is 0 Å². The lowest BCUT2D eigenvalue weighted by Gasteiger charge is -2.33. The van der Waals surface area contributed by atoms with Crippen LogP contribution in [0.15, 0.2) is 30.5 Å². The van der Waals surface area contributed by atoms with Crippen LogP contribution in [0.4, 0.5) is 4.79 Å². The smallest absolute Gasteiger partial charge is 0.410 e. The Balaban J connectivity index is 0.00000192. The van der Waals surface area contributed by atoms with E-state index in [9.17, 15) is 4.79 Å². The maximum absolute atomic E-state index is 12.1. The molecule has 0 bridgehead atoms. The zero-order valence-electron chi connectivity index (χ0n) is 14.0. The summed E-state index contributed by atoms with van der Waals surface area (Å²) in [5.74, 6) is 0.509. The first kappa shape index (κ1) is 17.7. The summed E-state index contributed by atoms with van der Waals surface area (Å²) in [5.41, 5.74) is 2.14. The van der Waals surface area contributed by atoms with Crippen molar-refractivity contribution in [3.05, 3.63) is 36.0 Å². The Morgan fingerprint density at radius 2 is 1.87 bits per heavy atom. The number of benzene rings is 1. The summed E-state index contributed by atoms with van der Waals surface area (Å²) in [7, 11) is 0. The number of hydrogen-bond donors (Lipinski definition) is 1. The predicted molar refractivity (Wildman–Crippen MR) is 95.3 cm³/mol. The van der Waals surface area contributed by atoms with Gasteiger partial charge in [0.15, 0.2) is 0 Å². The van der Waals surface area contributed by atoms with E-state index in [0.29, 0.717) is 5.92 Å². The second kappa shape index (κ2) is 6.83. The van der Waals surface area contributed by atoms with Crippen LogP contribution in [0.3, 0.4) is 0 Å². The molecule has 2 aromatic rings. The molecule has 0 unspecified atom stereocenters. The molecule has 3 rings (SSSR count). The van der Waals surface area contributed by atoms with Gasteiger partial charge in [0.1, 0.15) is 5.60 Å². The molecule has 126 valence electrons. The summed E-state index contributed by atoms with van der Waals surface area (Å²) in [6, 6.07) is 8.40. The number of carbonyl (C=O) groups is 1. The summed E-state index contributed by atoms with van der Waals surface area (Å²) in [6.07, 6.45) is 3.91. The van der Waals surface area contributed by atoms with Crippen LogP contribution in [0.1, 0.15) is 45.1 Å². The SMILES string of the molecule is CC(C)(C)OC(=O)N1CCC(c2c[nH]c3ccccc23)CC1.Cl. The fourth-order valence-corrected chi connectivity index (χ4v) is 3.13. The third kappa shape index (κ3) is 3.99. The Labute approximate surface area is 143 Å². The van der Waals surface area contributed by atoms with Gasteiger partial charge in [-0.05, 0) is 51.2 Å². The molecule has 1 saturated heterocycles. The van der Waals surface area contributed by atoms with Crippen molar-refractivity contribution in [3.8, 4) is 0 Å². The number of nitrogens with one attached hydrogen (secondary N) is 1. The maximum Gasteiger partial charge on any atom is 0.410 e. The van der Waals surface area contributed by atoms with Crippen molar-refractivity contribution in [2.45, 2.75) is 45.1 Å². The summed E-state index contributed by atoms with van der Waals surface area (Å²) in [6.45, 7) is 7.24. The molecule has 1 aromatic carbocycles. The summed E-state index contributed by atoms with van der Waals surface area (Å²) >= 11 is 0. The van der Waals surface area contributed by atoms with Crippen molar-refractivity contribution in [2.75, 3.05) is 13.1 Å². The highest BCUT2D eigenvalue weighted by molar-refractivity contribution is 5.85. The van der Waals surface area contributed by atoms with Crippen molar-refractivity contribution in [1.82, 2.24) is 9.88 Å². The number of aromatic amines is 1. The fraction of sp³-hybridized carbons (Fsp3) is 0.500. The number of piperidine rings is 1. The predicted octanol–water partition coefficient (Wildman–Crippen LogP) is 4.70. The van der Waals surface area contributed by atoms with E-state index < -0.39 is 5.60 Å². The molecule has 0 aliphatic carbocycles. The molecular formula is C18H25ClN2O2. The number of hydrogen-bond acceptors (Lipinski definition) is 2. The molecule has 1 amide bonds. The van der Waals surface area contributed by atoms with E-state index >= 15 is 0 Å². The number of carbonyl (C=O) groups excluding carboxylic acids is 1. The molecule has 2 heterocycles. The molecule has 0 spiro atoms. The van der Waals surface area contributed by atoms with Gasteiger partial charge >= 0.3 is 6.09 Å². The Kier molecular flexibility index (Phi) is 5.25. The Hall–Kier alpha value is -1.68. The summed E-state index contributed by atoms with van der Waals surface area (Å²) < 4.78 is 5.45. The van der Waals surface area contributed by atoms with Gasteiger partial charge in [-0.1, -0.05) is 18.2 Å².